The molecule has 0 fully saturated rings. The number of carbonyl (C=O) groups is 1. The van der Waals surface area contributed by atoms with Gasteiger partial charge in [-0.15, -0.1) is 11.3 Å². The maximum absolute atomic E-state index is 10.5. The molecule has 1 N–H and O–H groups in total. The van der Waals surface area contributed by atoms with E-state index >= 15 is 0 Å². The summed E-state index contributed by atoms with van der Waals surface area (Å²) >= 11 is 3.31. The van der Waals surface area contributed by atoms with Crippen molar-refractivity contribution in [2.45, 2.75) is 62.6 Å². The van der Waals surface area contributed by atoms with Crippen molar-refractivity contribution in [3.8, 4) is 0 Å². The summed E-state index contributed by atoms with van der Waals surface area (Å²) in [6, 6.07) is 0. The maximum Gasteiger partial charge on any atom is 0.309 e. The van der Waals surface area contributed by atoms with E-state index in [1.165, 1.54) is 44.9 Å². The number of rotatable bonds is 11. The van der Waals surface area contributed by atoms with Gasteiger partial charge in [-0.25, -0.2) is 4.98 Å². The number of hydrogen-bond acceptors (Lipinski definition) is 4. The first-order valence-corrected chi connectivity index (χ1v) is 8.88. The lowest BCUT2D eigenvalue weighted by atomic mass is 10.1. The summed E-state index contributed by atoms with van der Waals surface area (Å²) in [6.45, 7) is 2.24. The molecule has 0 saturated heterocycles. The van der Waals surface area contributed by atoms with Crippen LogP contribution in [0.3, 0.4) is 0 Å². The zero-order valence-corrected chi connectivity index (χ0v) is 13.2. The standard InChI is InChI=1S/C14H23NO2S2/c1-2-3-4-5-6-7-8-9-18-14-15-12(11-19-14)10-13(16)17/h11H,2-10H2,1H3,(H,16,17). The third-order valence-electron chi connectivity index (χ3n) is 2.84. The quantitative estimate of drug-likeness (QED) is 0.479. The smallest absolute Gasteiger partial charge is 0.309 e. The van der Waals surface area contributed by atoms with Gasteiger partial charge in [-0.05, 0) is 6.42 Å². The third-order valence-corrected chi connectivity index (χ3v) is 4.99. The first kappa shape index (κ1) is 16.5. The SMILES string of the molecule is CCCCCCCCCSc1nc(CC(=O)O)cs1. The summed E-state index contributed by atoms with van der Waals surface area (Å²) < 4.78 is 1.00. The number of thiazole rings is 1. The Morgan fingerprint density at radius 2 is 1.95 bits per heavy atom. The van der Waals surface area contributed by atoms with Crippen molar-refractivity contribution in [3.05, 3.63) is 11.1 Å². The van der Waals surface area contributed by atoms with Crippen LogP contribution < -0.4 is 0 Å². The molecule has 0 atom stereocenters. The van der Waals surface area contributed by atoms with Crippen LogP contribution in [0.25, 0.3) is 0 Å². The Labute approximate surface area is 123 Å². The van der Waals surface area contributed by atoms with Crippen molar-refractivity contribution in [1.82, 2.24) is 4.98 Å². The Kier molecular flexibility index (Phi) is 8.91. The van der Waals surface area contributed by atoms with Crippen LogP contribution in [-0.4, -0.2) is 21.8 Å². The van der Waals surface area contributed by atoms with Crippen LogP contribution in [0, 0.1) is 0 Å². The molecule has 108 valence electrons. The third kappa shape index (κ3) is 8.26. The summed E-state index contributed by atoms with van der Waals surface area (Å²) in [4.78, 5) is 14.9. The predicted molar refractivity (Wildman–Crippen MR) is 82.2 cm³/mol. The predicted octanol–water partition coefficient (Wildman–Crippen LogP) is 4.61. The van der Waals surface area contributed by atoms with Gasteiger partial charge < -0.3 is 5.11 Å². The average Bonchev–Trinajstić information content (AvgIpc) is 2.79. The van der Waals surface area contributed by atoms with Crippen LogP contribution in [0.1, 0.15) is 57.6 Å². The second-order valence-corrected chi connectivity index (χ2v) is 6.85. The Balaban J connectivity index is 2.03. The van der Waals surface area contributed by atoms with Crippen LogP contribution in [0.15, 0.2) is 9.72 Å². The highest BCUT2D eigenvalue weighted by atomic mass is 32.2. The van der Waals surface area contributed by atoms with Gasteiger partial charge in [0.25, 0.3) is 0 Å². The first-order valence-electron chi connectivity index (χ1n) is 7.01. The van der Waals surface area contributed by atoms with Crippen molar-refractivity contribution in [3.63, 3.8) is 0 Å². The molecule has 0 aliphatic carbocycles. The molecule has 19 heavy (non-hydrogen) atoms. The van der Waals surface area contributed by atoms with E-state index in [-0.39, 0.29) is 6.42 Å². The van der Waals surface area contributed by atoms with E-state index in [0.717, 1.165) is 10.1 Å². The lowest BCUT2D eigenvalue weighted by Crippen LogP contribution is -1.99. The van der Waals surface area contributed by atoms with Crippen LogP contribution in [0.5, 0.6) is 0 Å². The molecule has 0 spiro atoms. The molecule has 1 heterocycles. The molecule has 0 aliphatic rings. The van der Waals surface area contributed by atoms with E-state index in [9.17, 15) is 4.79 Å². The molecule has 0 saturated carbocycles. The number of nitrogens with zero attached hydrogens (tertiary/aromatic N) is 1. The molecular weight excluding hydrogens is 278 g/mol. The highest BCUT2D eigenvalue weighted by molar-refractivity contribution is 8.00. The molecule has 1 rings (SSSR count). The van der Waals surface area contributed by atoms with Gasteiger partial charge in [0.15, 0.2) is 0 Å². The normalized spacial score (nSPS) is 10.8. The van der Waals surface area contributed by atoms with E-state index < -0.39 is 5.97 Å². The topological polar surface area (TPSA) is 50.2 Å². The summed E-state index contributed by atoms with van der Waals surface area (Å²) in [5.74, 6) is 0.280. The zero-order chi connectivity index (χ0) is 13.9. The molecule has 0 aromatic carbocycles. The summed E-state index contributed by atoms with van der Waals surface area (Å²) in [7, 11) is 0. The lowest BCUT2D eigenvalue weighted by Gasteiger charge is -2.00. The van der Waals surface area contributed by atoms with Gasteiger partial charge in [0.1, 0.15) is 4.34 Å². The number of carboxylic acid groups (broad SMARTS) is 1. The van der Waals surface area contributed by atoms with E-state index in [4.69, 9.17) is 5.11 Å². The molecule has 3 nitrogen and oxygen atoms in total. The zero-order valence-electron chi connectivity index (χ0n) is 11.6. The largest absolute Gasteiger partial charge is 0.481 e. The minimum absolute atomic E-state index is 0.0362. The van der Waals surface area contributed by atoms with Gasteiger partial charge in [-0.2, -0.15) is 0 Å². The second kappa shape index (κ2) is 10.3. The van der Waals surface area contributed by atoms with Gasteiger partial charge >= 0.3 is 5.97 Å². The highest BCUT2D eigenvalue weighted by Crippen LogP contribution is 2.24. The van der Waals surface area contributed by atoms with Crippen LogP contribution in [0.4, 0.5) is 0 Å². The number of thioether (sulfide) groups is 1. The number of carboxylic acids is 1. The van der Waals surface area contributed by atoms with Crippen LogP contribution in [0.2, 0.25) is 0 Å². The van der Waals surface area contributed by atoms with E-state index in [1.54, 1.807) is 23.1 Å². The van der Waals surface area contributed by atoms with Crippen LogP contribution in [-0.2, 0) is 11.2 Å². The molecule has 0 radical (unpaired) electrons. The van der Waals surface area contributed by atoms with Crippen molar-refractivity contribution >= 4 is 29.1 Å². The Morgan fingerprint density at radius 1 is 1.26 bits per heavy atom. The maximum atomic E-state index is 10.5. The molecule has 1 aromatic rings. The number of unbranched alkanes of at least 4 members (excludes halogenated alkanes) is 6. The van der Waals surface area contributed by atoms with Crippen molar-refractivity contribution in [2.75, 3.05) is 5.75 Å². The van der Waals surface area contributed by atoms with E-state index in [0.29, 0.717) is 5.69 Å². The summed E-state index contributed by atoms with van der Waals surface area (Å²) in [5.41, 5.74) is 0.680. The van der Waals surface area contributed by atoms with E-state index in [2.05, 4.69) is 11.9 Å². The Bertz CT molecular complexity index is 366. The Hall–Kier alpha value is -0.550. The summed E-state index contributed by atoms with van der Waals surface area (Å²) in [5, 5.41) is 10.5. The van der Waals surface area contributed by atoms with Crippen molar-refractivity contribution < 1.29 is 9.90 Å². The molecule has 0 aliphatic heterocycles. The van der Waals surface area contributed by atoms with E-state index in [1.807, 2.05) is 5.38 Å². The van der Waals surface area contributed by atoms with Crippen LogP contribution >= 0.6 is 23.1 Å². The lowest BCUT2D eigenvalue weighted by molar-refractivity contribution is -0.136. The number of aliphatic carboxylic acids is 1. The molecular formula is C14H23NO2S2. The van der Waals surface area contributed by atoms with Gasteiger partial charge in [0, 0.05) is 11.1 Å². The van der Waals surface area contributed by atoms with Gasteiger partial charge in [-0.3, -0.25) is 4.79 Å². The van der Waals surface area contributed by atoms with Gasteiger partial charge in [0.2, 0.25) is 0 Å². The van der Waals surface area contributed by atoms with Crippen molar-refractivity contribution in [1.29, 1.82) is 0 Å². The monoisotopic (exact) mass is 301 g/mol. The fraction of sp³-hybridized carbons (Fsp3) is 0.714. The fourth-order valence-corrected chi connectivity index (χ4v) is 3.72. The minimum Gasteiger partial charge on any atom is -0.481 e. The summed E-state index contributed by atoms with van der Waals surface area (Å²) in [6.07, 6.45) is 9.29. The second-order valence-electron chi connectivity index (χ2n) is 4.65. The minimum atomic E-state index is -0.811. The first-order chi connectivity index (χ1) is 9.22. The fourth-order valence-electron chi connectivity index (χ4n) is 1.81. The molecule has 0 unspecified atom stereocenters. The number of aromatic nitrogens is 1. The van der Waals surface area contributed by atoms with Gasteiger partial charge in [-0.1, -0.05) is 57.2 Å². The van der Waals surface area contributed by atoms with Crippen molar-refractivity contribution in [2.24, 2.45) is 0 Å². The average molecular weight is 301 g/mol. The molecule has 0 amide bonds. The molecule has 0 bridgehead atoms. The molecule has 5 heteroatoms. The number of hydrogen-bond donors (Lipinski definition) is 1. The van der Waals surface area contributed by atoms with Gasteiger partial charge in [0.05, 0.1) is 12.1 Å². The molecule has 1 aromatic heterocycles. The highest BCUT2D eigenvalue weighted by Gasteiger charge is 2.06. The Morgan fingerprint density at radius 3 is 2.63 bits per heavy atom.